The second-order valence-electron chi connectivity index (χ2n) is 3.75. The van der Waals surface area contributed by atoms with Crippen LogP contribution >= 0.6 is 0 Å². The van der Waals surface area contributed by atoms with Crippen molar-refractivity contribution in [2.24, 2.45) is 5.73 Å². The third kappa shape index (κ3) is 1.53. The summed E-state index contributed by atoms with van der Waals surface area (Å²) in [6, 6.07) is 6.31. The smallest absolute Gasteiger partial charge is 0.119 e. The number of fused-ring (bicyclic) bond motifs is 1. The second-order valence-corrected chi connectivity index (χ2v) is 3.75. The lowest BCUT2D eigenvalue weighted by molar-refractivity contribution is 0.414. The molecule has 1 atom stereocenters. The van der Waals surface area contributed by atoms with Gasteiger partial charge in [-0.15, -0.1) is 0 Å². The lowest BCUT2D eigenvalue weighted by atomic mass is 10.1. The third-order valence-electron chi connectivity index (χ3n) is 2.67. The Hall–Kier alpha value is -1.28. The zero-order valence-electron chi connectivity index (χ0n) is 8.58. The van der Waals surface area contributed by atoms with E-state index in [2.05, 4.69) is 18.2 Å². The summed E-state index contributed by atoms with van der Waals surface area (Å²) in [7, 11) is 1.69. The van der Waals surface area contributed by atoms with Gasteiger partial charge >= 0.3 is 0 Å². The highest BCUT2D eigenvalue weighted by atomic mass is 16.5. The summed E-state index contributed by atoms with van der Waals surface area (Å²) in [6.45, 7) is 2.02. The Morgan fingerprint density at radius 1 is 1.43 bits per heavy atom. The molecule has 0 amide bonds. The first-order chi connectivity index (χ1) is 6.70. The number of methoxy groups -OCH3 is 1. The van der Waals surface area contributed by atoms with Gasteiger partial charge < -0.3 is 10.5 Å². The van der Waals surface area contributed by atoms with Crippen molar-refractivity contribution in [3.05, 3.63) is 34.9 Å². The van der Waals surface area contributed by atoms with E-state index < -0.39 is 0 Å². The van der Waals surface area contributed by atoms with E-state index in [0.717, 1.165) is 12.2 Å². The third-order valence-corrected chi connectivity index (χ3v) is 2.67. The van der Waals surface area contributed by atoms with Crippen molar-refractivity contribution in [3.63, 3.8) is 0 Å². The number of benzene rings is 1. The predicted molar refractivity (Wildman–Crippen MR) is 58.3 cm³/mol. The van der Waals surface area contributed by atoms with Gasteiger partial charge in [-0.1, -0.05) is 12.1 Å². The molecule has 74 valence electrons. The monoisotopic (exact) mass is 189 g/mol. The number of ether oxygens (including phenoxy) is 1. The summed E-state index contributed by atoms with van der Waals surface area (Å²) in [5.74, 6) is 0.908. The maximum Gasteiger partial charge on any atom is 0.119 e. The van der Waals surface area contributed by atoms with Gasteiger partial charge in [0.1, 0.15) is 5.75 Å². The van der Waals surface area contributed by atoms with Crippen molar-refractivity contribution in [1.82, 2.24) is 0 Å². The van der Waals surface area contributed by atoms with E-state index in [9.17, 15) is 0 Å². The van der Waals surface area contributed by atoms with Gasteiger partial charge in [0.05, 0.1) is 7.11 Å². The molecule has 1 aromatic carbocycles. The maximum absolute atomic E-state index is 5.85. The topological polar surface area (TPSA) is 35.2 Å². The van der Waals surface area contributed by atoms with Crippen LogP contribution in [0.4, 0.5) is 0 Å². The highest BCUT2D eigenvalue weighted by Crippen LogP contribution is 2.29. The number of nitrogens with two attached hydrogens (primary N) is 1. The van der Waals surface area contributed by atoms with Crippen LogP contribution in [0.2, 0.25) is 0 Å². The molecule has 1 aliphatic rings. The van der Waals surface area contributed by atoms with Crippen molar-refractivity contribution in [1.29, 1.82) is 0 Å². The summed E-state index contributed by atoms with van der Waals surface area (Å²) < 4.78 is 5.17. The predicted octanol–water partition coefficient (Wildman–Crippen LogP) is 1.98. The molecule has 0 saturated heterocycles. The molecule has 0 bridgehead atoms. The Balaban J connectivity index is 2.34. The van der Waals surface area contributed by atoms with Gasteiger partial charge in [0.15, 0.2) is 0 Å². The van der Waals surface area contributed by atoms with Crippen molar-refractivity contribution in [3.8, 4) is 5.75 Å². The fourth-order valence-electron chi connectivity index (χ4n) is 1.76. The molecule has 0 radical (unpaired) electrons. The van der Waals surface area contributed by atoms with Crippen LogP contribution in [-0.2, 0) is 6.42 Å². The molecule has 1 unspecified atom stereocenters. The summed E-state index contributed by atoms with van der Waals surface area (Å²) in [5, 5.41) is 0. The van der Waals surface area contributed by atoms with Crippen LogP contribution in [0.25, 0.3) is 6.08 Å². The molecule has 0 aliphatic heterocycles. The van der Waals surface area contributed by atoms with Crippen LogP contribution < -0.4 is 10.5 Å². The van der Waals surface area contributed by atoms with E-state index >= 15 is 0 Å². The Kier molecular flexibility index (Phi) is 2.30. The van der Waals surface area contributed by atoms with E-state index in [1.165, 1.54) is 16.7 Å². The minimum atomic E-state index is 0.147. The minimum absolute atomic E-state index is 0.147. The standard InChI is InChI=1S/C12H15NO/c1-8(13)10-5-9-3-4-12(14-2)7-11(9)6-10/h3-4,6-8H,5,13H2,1-2H3. The normalized spacial score (nSPS) is 16.1. The molecule has 1 aromatic rings. The molecule has 2 nitrogen and oxygen atoms in total. The minimum Gasteiger partial charge on any atom is -0.497 e. The van der Waals surface area contributed by atoms with Crippen molar-refractivity contribution in [2.45, 2.75) is 19.4 Å². The quantitative estimate of drug-likeness (QED) is 0.772. The zero-order chi connectivity index (χ0) is 10.1. The molecular weight excluding hydrogens is 174 g/mol. The molecular formula is C12H15NO. The second kappa shape index (κ2) is 3.46. The first kappa shape index (κ1) is 9.28. The van der Waals surface area contributed by atoms with Gasteiger partial charge in [0, 0.05) is 6.04 Å². The Morgan fingerprint density at radius 2 is 2.21 bits per heavy atom. The average Bonchev–Trinajstić information content (AvgIpc) is 2.59. The number of hydrogen-bond acceptors (Lipinski definition) is 2. The molecule has 0 aromatic heterocycles. The molecule has 0 spiro atoms. The molecule has 2 heteroatoms. The summed E-state index contributed by atoms with van der Waals surface area (Å²) in [6.07, 6.45) is 3.15. The Bertz CT molecular complexity index is 380. The van der Waals surface area contributed by atoms with E-state index in [4.69, 9.17) is 10.5 Å². The van der Waals surface area contributed by atoms with Gasteiger partial charge in [-0.2, -0.15) is 0 Å². The fourth-order valence-corrected chi connectivity index (χ4v) is 1.76. The Morgan fingerprint density at radius 3 is 2.86 bits per heavy atom. The van der Waals surface area contributed by atoms with Crippen LogP contribution in [0.1, 0.15) is 18.1 Å². The van der Waals surface area contributed by atoms with Gasteiger partial charge in [0.2, 0.25) is 0 Å². The van der Waals surface area contributed by atoms with Crippen LogP contribution in [0, 0.1) is 0 Å². The molecule has 2 rings (SSSR count). The highest BCUT2D eigenvalue weighted by molar-refractivity contribution is 5.66. The van der Waals surface area contributed by atoms with E-state index in [0.29, 0.717) is 0 Å². The van der Waals surface area contributed by atoms with Crippen molar-refractivity contribution in [2.75, 3.05) is 7.11 Å². The molecule has 0 saturated carbocycles. The molecule has 0 heterocycles. The largest absolute Gasteiger partial charge is 0.497 e. The van der Waals surface area contributed by atoms with Crippen molar-refractivity contribution < 1.29 is 4.74 Å². The molecule has 2 N–H and O–H groups in total. The average molecular weight is 189 g/mol. The lowest BCUT2D eigenvalue weighted by Crippen LogP contribution is -2.17. The van der Waals surface area contributed by atoms with Crippen molar-refractivity contribution >= 4 is 6.08 Å². The van der Waals surface area contributed by atoms with E-state index in [-0.39, 0.29) is 6.04 Å². The summed E-state index contributed by atoms with van der Waals surface area (Å²) >= 11 is 0. The van der Waals surface area contributed by atoms with Crippen LogP contribution in [0.5, 0.6) is 5.75 Å². The van der Waals surface area contributed by atoms with Gasteiger partial charge in [-0.05, 0) is 42.2 Å². The molecule has 1 aliphatic carbocycles. The molecule has 0 fully saturated rings. The number of hydrogen-bond donors (Lipinski definition) is 1. The fraction of sp³-hybridized carbons (Fsp3) is 0.333. The first-order valence-corrected chi connectivity index (χ1v) is 4.83. The van der Waals surface area contributed by atoms with E-state index in [1.807, 2.05) is 13.0 Å². The summed E-state index contributed by atoms with van der Waals surface area (Å²) in [4.78, 5) is 0. The first-order valence-electron chi connectivity index (χ1n) is 4.83. The Labute approximate surface area is 84.4 Å². The van der Waals surface area contributed by atoms with E-state index in [1.54, 1.807) is 7.11 Å². The number of rotatable bonds is 2. The lowest BCUT2D eigenvalue weighted by Gasteiger charge is -2.05. The highest BCUT2D eigenvalue weighted by Gasteiger charge is 2.15. The van der Waals surface area contributed by atoms with Gasteiger partial charge in [-0.3, -0.25) is 0 Å². The maximum atomic E-state index is 5.85. The SMILES string of the molecule is COc1ccc2c(c1)C=C(C(C)N)C2. The van der Waals surface area contributed by atoms with Crippen LogP contribution in [0.15, 0.2) is 23.8 Å². The van der Waals surface area contributed by atoms with Crippen LogP contribution in [0.3, 0.4) is 0 Å². The van der Waals surface area contributed by atoms with Gasteiger partial charge in [0.25, 0.3) is 0 Å². The summed E-state index contributed by atoms with van der Waals surface area (Å²) in [5.41, 5.74) is 9.74. The van der Waals surface area contributed by atoms with Crippen LogP contribution in [-0.4, -0.2) is 13.2 Å². The van der Waals surface area contributed by atoms with Gasteiger partial charge in [-0.25, -0.2) is 0 Å². The molecule has 14 heavy (non-hydrogen) atoms. The zero-order valence-corrected chi connectivity index (χ0v) is 8.58.